The van der Waals surface area contributed by atoms with Gasteiger partial charge in [-0.15, -0.1) is 15.0 Å². The van der Waals surface area contributed by atoms with Crippen molar-refractivity contribution in [2.75, 3.05) is 19.8 Å². The van der Waals surface area contributed by atoms with Gasteiger partial charge < -0.3 is 14.6 Å². The summed E-state index contributed by atoms with van der Waals surface area (Å²) in [6.07, 6.45) is 3.05. The quantitative estimate of drug-likeness (QED) is 0.601. The second kappa shape index (κ2) is 8.48. The maximum atomic E-state index is 10.3. The third kappa shape index (κ3) is 4.48. The van der Waals surface area contributed by atoms with Crippen LogP contribution < -0.4 is 4.74 Å². The largest absolute Gasteiger partial charge is 0.505 e. The Hall–Kier alpha value is -2.60. The van der Waals surface area contributed by atoms with Gasteiger partial charge in [0.2, 0.25) is 0 Å². The van der Waals surface area contributed by atoms with Gasteiger partial charge in [-0.25, -0.2) is 0 Å². The first-order valence-electron chi connectivity index (χ1n) is 8.64. The molecule has 2 aromatic carbocycles. The van der Waals surface area contributed by atoms with Crippen molar-refractivity contribution < 1.29 is 14.6 Å². The minimum atomic E-state index is 0.0806. The van der Waals surface area contributed by atoms with Crippen LogP contribution in [0, 0.1) is 0 Å². The first-order chi connectivity index (χ1) is 12.3. The number of rotatable bonds is 9. The smallest absolute Gasteiger partial charge is 0.146 e. The lowest BCUT2D eigenvalue weighted by Gasteiger charge is -2.09. The van der Waals surface area contributed by atoms with Crippen molar-refractivity contribution in [1.29, 1.82) is 0 Å². The van der Waals surface area contributed by atoms with Crippen LogP contribution in [0.15, 0.2) is 42.5 Å². The van der Waals surface area contributed by atoms with Crippen molar-refractivity contribution in [1.82, 2.24) is 15.0 Å². The van der Waals surface area contributed by atoms with E-state index >= 15 is 0 Å². The fourth-order valence-electron chi connectivity index (χ4n) is 2.43. The number of ether oxygens (including phenoxy) is 2. The van der Waals surface area contributed by atoms with Crippen LogP contribution in [0.2, 0.25) is 0 Å². The van der Waals surface area contributed by atoms with E-state index in [2.05, 4.69) is 17.1 Å². The fraction of sp³-hybridized carbons (Fsp3) is 0.368. The number of aromatic nitrogens is 3. The number of phenols is 1. The Morgan fingerprint density at radius 3 is 2.36 bits per heavy atom. The Bertz CT molecular complexity index is 784. The van der Waals surface area contributed by atoms with Crippen LogP contribution in [0.5, 0.6) is 11.5 Å². The molecule has 0 aliphatic rings. The Kier molecular flexibility index (Phi) is 5.85. The molecule has 6 heteroatoms. The summed E-state index contributed by atoms with van der Waals surface area (Å²) in [6, 6.07) is 12.7. The van der Waals surface area contributed by atoms with Crippen LogP contribution in [0.3, 0.4) is 0 Å². The van der Waals surface area contributed by atoms with Gasteiger partial charge >= 0.3 is 0 Å². The van der Waals surface area contributed by atoms with Gasteiger partial charge in [-0.3, -0.25) is 0 Å². The van der Waals surface area contributed by atoms with Gasteiger partial charge in [0.1, 0.15) is 28.2 Å². The molecule has 1 N–H and O–H groups in total. The van der Waals surface area contributed by atoms with Crippen LogP contribution in [-0.4, -0.2) is 39.9 Å². The second-order valence-corrected chi connectivity index (χ2v) is 5.80. The molecule has 0 saturated carbocycles. The number of hydrogen-bond donors (Lipinski definition) is 1. The molecular formula is C19H23N3O3. The third-order valence-corrected chi connectivity index (χ3v) is 3.79. The van der Waals surface area contributed by atoms with Crippen LogP contribution in [-0.2, 0) is 4.74 Å². The molecule has 0 saturated heterocycles. The molecule has 0 atom stereocenters. The molecular weight excluding hydrogens is 318 g/mol. The zero-order valence-electron chi connectivity index (χ0n) is 14.4. The Labute approximate surface area is 147 Å². The monoisotopic (exact) mass is 341 g/mol. The van der Waals surface area contributed by atoms with Gasteiger partial charge in [0.25, 0.3) is 0 Å². The summed E-state index contributed by atoms with van der Waals surface area (Å²) in [7, 11) is 0. The highest BCUT2D eigenvalue weighted by Gasteiger charge is 2.09. The molecule has 0 aliphatic carbocycles. The van der Waals surface area contributed by atoms with Gasteiger partial charge in [-0.1, -0.05) is 25.5 Å². The zero-order chi connectivity index (χ0) is 17.5. The van der Waals surface area contributed by atoms with E-state index in [1.807, 2.05) is 24.3 Å². The molecule has 6 nitrogen and oxygen atoms in total. The van der Waals surface area contributed by atoms with E-state index in [4.69, 9.17) is 9.47 Å². The van der Waals surface area contributed by atoms with Gasteiger partial charge in [0.15, 0.2) is 0 Å². The summed E-state index contributed by atoms with van der Waals surface area (Å²) in [5.74, 6) is 0.698. The highest BCUT2D eigenvalue weighted by molar-refractivity contribution is 5.73. The SMILES string of the molecule is CCCCOCCCOc1ccc(-n2nc3ccccc3n2)c(O)c1. The standard InChI is InChI=1S/C19H23N3O3/c1-2-3-11-24-12-6-13-25-15-9-10-18(19(23)14-15)22-20-16-7-4-5-8-17(16)21-22/h4-5,7-10,14,23H,2-3,6,11-13H2,1H3. The summed E-state index contributed by atoms with van der Waals surface area (Å²) in [4.78, 5) is 1.44. The molecule has 0 aliphatic heterocycles. The summed E-state index contributed by atoms with van der Waals surface area (Å²) in [5.41, 5.74) is 2.09. The molecule has 25 heavy (non-hydrogen) atoms. The van der Waals surface area contributed by atoms with Crippen molar-refractivity contribution in [2.24, 2.45) is 0 Å². The molecule has 0 spiro atoms. The highest BCUT2D eigenvalue weighted by Crippen LogP contribution is 2.26. The topological polar surface area (TPSA) is 69.4 Å². The molecule has 3 aromatic rings. The lowest BCUT2D eigenvalue weighted by molar-refractivity contribution is 0.117. The van der Waals surface area contributed by atoms with Crippen molar-refractivity contribution in [3.05, 3.63) is 42.5 Å². The van der Waals surface area contributed by atoms with Crippen molar-refractivity contribution >= 4 is 11.0 Å². The first-order valence-corrected chi connectivity index (χ1v) is 8.64. The fourth-order valence-corrected chi connectivity index (χ4v) is 2.43. The van der Waals surface area contributed by atoms with Gasteiger partial charge in [0, 0.05) is 25.7 Å². The first kappa shape index (κ1) is 17.2. The van der Waals surface area contributed by atoms with Crippen molar-refractivity contribution in [3.63, 3.8) is 0 Å². The summed E-state index contributed by atoms with van der Waals surface area (Å²) >= 11 is 0. The summed E-state index contributed by atoms with van der Waals surface area (Å²) in [5, 5.41) is 19.0. The predicted octanol–water partition coefficient (Wildman–Crippen LogP) is 3.71. The Morgan fingerprint density at radius 1 is 0.960 bits per heavy atom. The van der Waals surface area contributed by atoms with E-state index < -0.39 is 0 Å². The van der Waals surface area contributed by atoms with Gasteiger partial charge in [-0.2, -0.15) is 0 Å². The average molecular weight is 341 g/mol. The molecule has 1 heterocycles. The van der Waals surface area contributed by atoms with E-state index in [1.165, 1.54) is 4.80 Å². The minimum absolute atomic E-state index is 0.0806. The second-order valence-electron chi connectivity index (χ2n) is 5.80. The molecule has 0 unspecified atom stereocenters. The number of fused-ring (bicyclic) bond motifs is 1. The maximum Gasteiger partial charge on any atom is 0.146 e. The molecule has 132 valence electrons. The molecule has 0 radical (unpaired) electrons. The van der Waals surface area contributed by atoms with Crippen LogP contribution in [0.25, 0.3) is 16.7 Å². The summed E-state index contributed by atoms with van der Waals surface area (Å²) < 4.78 is 11.1. The predicted molar refractivity (Wildman–Crippen MR) is 96.4 cm³/mol. The lowest BCUT2D eigenvalue weighted by atomic mass is 10.3. The normalized spacial score (nSPS) is 11.1. The zero-order valence-corrected chi connectivity index (χ0v) is 14.4. The number of aromatic hydroxyl groups is 1. The lowest BCUT2D eigenvalue weighted by Crippen LogP contribution is -2.04. The number of phenolic OH excluding ortho intramolecular Hbond substituents is 1. The molecule has 1 aromatic heterocycles. The van der Waals surface area contributed by atoms with Crippen molar-refractivity contribution in [3.8, 4) is 17.2 Å². The van der Waals surface area contributed by atoms with E-state index in [1.54, 1.807) is 18.2 Å². The molecule has 0 fully saturated rings. The molecule has 3 rings (SSSR count). The number of unbranched alkanes of at least 4 members (excludes halogenated alkanes) is 1. The maximum absolute atomic E-state index is 10.3. The highest BCUT2D eigenvalue weighted by atomic mass is 16.5. The van der Waals surface area contributed by atoms with E-state index in [9.17, 15) is 5.11 Å². The number of benzene rings is 2. The van der Waals surface area contributed by atoms with E-state index in [0.29, 0.717) is 24.7 Å². The van der Waals surface area contributed by atoms with E-state index in [-0.39, 0.29) is 5.75 Å². The average Bonchev–Trinajstić information content (AvgIpc) is 3.05. The Balaban J connectivity index is 1.57. The summed E-state index contributed by atoms with van der Waals surface area (Å²) in [6.45, 7) is 4.18. The third-order valence-electron chi connectivity index (χ3n) is 3.79. The van der Waals surface area contributed by atoms with Crippen molar-refractivity contribution in [2.45, 2.75) is 26.2 Å². The van der Waals surface area contributed by atoms with E-state index in [0.717, 1.165) is 36.9 Å². The number of nitrogens with zero attached hydrogens (tertiary/aromatic N) is 3. The molecule has 0 bridgehead atoms. The van der Waals surface area contributed by atoms with Crippen LogP contribution >= 0.6 is 0 Å². The van der Waals surface area contributed by atoms with Crippen LogP contribution in [0.1, 0.15) is 26.2 Å². The molecule has 0 amide bonds. The number of hydrogen-bond acceptors (Lipinski definition) is 5. The van der Waals surface area contributed by atoms with Gasteiger partial charge in [-0.05, 0) is 30.7 Å². The van der Waals surface area contributed by atoms with Crippen LogP contribution in [0.4, 0.5) is 0 Å². The van der Waals surface area contributed by atoms with Gasteiger partial charge in [0.05, 0.1) is 6.61 Å². The Morgan fingerprint density at radius 2 is 1.68 bits per heavy atom. The minimum Gasteiger partial charge on any atom is -0.505 e.